The van der Waals surface area contributed by atoms with Crippen molar-refractivity contribution in [3.05, 3.63) is 123 Å². The number of rotatable bonds is 5. The summed E-state index contributed by atoms with van der Waals surface area (Å²) in [5.74, 6) is 1.53. The number of benzene rings is 5. The highest BCUT2D eigenvalue weighted by atomic mass is 79.9. The summed E-state index contributed by atoms with van der Waals surface area (Å²) in [6.45, 7) is 4.34. The molecule has 0 amide bonds. The smallest absolute Gasteiger partial charge is 0.497 e. The van der Waals surface area contributed by atoms with Gasteiger partial charge in [0.1, 0.15) is 23.0 Å². The van der Waals surface area contributed by atoms with Gasteiger partial charge < -0.3 is 18.9 Å². The molecule has 0 radical (unpaired) electrons. The Balaban J connectivity index is 1.55. The van der Waals surface area contributed by atoms with E-state index < -0.39 is 17.4 Å². The van der Waals surface area contributed by atoms with E-state index in [0.29, 0.717) is 22.6 Å². The van der Waals surface area contributed by atoms with Crippen LogP contribution in [0, 0.1) is 0 Å². The second kappa shape index (κ2) is 10.3. The fraction of sp³-hybridized carbons (Fsp3) is 0.189. The van der Waals surface area contributed by atoms with Gasteiger partial charge in [0.25, 0.3) is 0 Å². The fourth-order valence-corrected chi connectivity index (χ4v) is 7.17. The summed E-state index contributed by atoms with van der Waals surface area (Å²) in [7, 11) is 3.21. The van der Waals surface area contributed by atoms with Crippen LogP contribution in [0.3, 0.4) is 0 Å². The Hall–Kier alpha value is -4.43. The molecular weight excluding hydrogens is 645 g/mol. The molecule has 5 aromatic carbocycles. The van der Waals surface area contributed by atoms with E-state index in [1.54, 1.807) is 20.3 Å². The van der Waals surface area contributed by atoms with Crippen LogP contribution in [0.25, 0.3) is 28.0 Å². The molecule has 0 fully saturated rings. The number of halogens is 4. The Bertz CT molecular complexity index is 1950. The van der Waals surface area contributed by atoms with Crippen molar-refractivity contribution in [3.8, 4) is 34.1 Å². The number of hydrogen-bond donors (Lipinski definition) is 0. The zero-order valence-electron chi connectivity index (χ0n) is 24.9. The molecule has 0 unspecified atom stereocenters. The highest BCUT2D eigenvalue weighted by Crippen LogP contribution is 2.58. The molecule has 0 spiro atoms. The van der Waals surface area contributed by atoms with Crippen molar-refractivity contribution >= 4 is 32.8 Å². The van der Waals surface area contributed by atoms with E-state index in [1.807, 2.05) is 66.7 Å². The number of alkyl halides is 3. The molecule has 2 aliphatic rings. The molecule has 1 heterocycles. The summed E-state index contributed by atoms with van der Waals surface area (Å²) in [6.07, 6.45) is -0.776. The molecular formula is C37H28BrF3O4. The molecule has 45 heavy (non-hydrogen) atoms. The monoisotopic (exact) mass is 672 g/mol. The van der Waals surface area contributed by atoms with Crippen molar-refractivity contribution in [2.45, 2.75) is 31.2 Å². The third kappa shape index (κ3) is 4.65. The predicted molar refractivity (Wildman–Crippen MR) is 172 cm³/mol. The van der Waals surface area contributed by atoms with Gasteiger partial charge in [-0.05, 0) is 88.3 Å². The maximum absolute atomic E-state index is 13.4. The number of fused-ring (bicyclic) bond motifs is 8. The first kappa shape index (κ1) is 29.3. The van der Waals surface area contributed by atoms with Gasteiger partial charge >= 0.3 is 6.36 Å². The first-order chi connectivity index (χ1) is 21.4. The predicted octanol–water partition coefficient (Wildman–Crippen LogP) is 10.2. The van der Waals surface area contributed by atoms with Crippen LogP contribution >= 0.6 is 15.9 Å². The molecule has 0 saturated heterocycles. The van der Waals surface area contributed by atoms with Crippen molar-refractivity contribution in [2.75, 3.05) is 14.2 Å². The minimum absolute atomic E-state index is 0.318. The second-order valence-electron chi connectivity index (χ2n) is 11.7. The first-order valence-electron chi connectivity index (χ1n) is 14.3. The van der Waals surface area contributed by atoms with Crippen LogP contribution < -0.4 is 18.9 Å². The van der Waals surface area contributed by atoms with Crippen LogP contribution in [-0.2, 0) is 11.0 Å². The van der Waals surface area contributed by atoms with Gasteiger partial charge in [-0.3, -0.25) is 0 Å². The highest BCUT2D eigenvalue weighted by Gasteiger charge is 2.44. The van der Waals surface area contributed by atoms with Crippen LogP contribution in [0.5, 0.6) is 23.0 Å². The summed E-state index contributed by atoms with van der Waals surface area (Å²) < 4.78 is 63.7. The third-order valence-electron chi connectivity index (χ3n) is 8.84. The van der Waals surface area contributed by atoms with Gasteiger partial charge in [-0.25, -0.2) is 0 Å². The third-order valence-corrected chi connectivity index (χ3v) is 9.33. The lowest BCUT2D eigenvalue weighted by molar-refractivity contribution is -0.274. The number of methoxy groups -OCH3 is 2. The maximum Gasteiger partial charge on any atom is 0.573 e. The molecule has 0 saturated carbocycles. The van der Waals surface area contributed by atoms with Crippen LogP contribution in [0.2, 0.25) is 0 Å². The van der Waals surface area contributed by atoms with E-state index in [9.17, 15) is 13.2 Å². The van der Waals surface area contributed by atoms with Gasteiger partial charge in [0, 0.05) is 32.0 Å². The topological polar surface area (TPSA) is 36.9 Å². The van der Waals surface area contributed by atoms with Crippen LogP contribution in [0.15, 0.2) is 95.5 Å². The van der Waals surface area contributed by atoms with Crippen molar-refractivity contribution in [1.82, 2.24) is 0 Å². The van der Waals surface area contributed by atoms with E-state index >= 15 is 0 Å². The SMILES string of the molecule is COc1ccc(C2(c3ccc(OC)cc3)C=Cc3c4c(c5ccc(OC(F)(F)F)cc5c3O2)-c2cc(Br)ccc2C4(C)C)cc1. The van der Waals surface area contributed by atoms with Crippen LogP contribution in [-0.4, -0.2) is 20.6 Å². The second-order valence-corrected chi connectivity index (χ2v) is 12.6. The number of ether oxygens (including phenoxy) is 4. The summed E-state index contributed by atoms with van der Waals surface area (Å²) in [5.41, 5.74) is 5.09. The minimum atomic E-state index is -4.85. The largest absolute Gasteiger partial charge is 0.573 e. The molecule has 8 heteroatoms. The van der Waals surface area contributed by atoms with Gasteiger partial charge in [0.15, 0.2) is 5.60 Å². The van der Waals surface area contributed by atoms with E-state index in [-0.39, 0.29) is 5.75 Å². The van der Waals surface area contributed by atoms with Gasteiger partial charge in [-0.15, -0.1) is 13.2 Å². The van der Waals surface area contributed by atoms with E-state index in [0.717, 1.165) is 48.8 Å². The van der Waals surface area contributed by atoms with Crippen molar-refractivity contribution in [3.63, 3.8) is 0 Å². The van der Waals surface area contributed by atoms with E-state index in [1.165, 1.54) is 12.1 Å². The summed E-state index contributed by atoms with van der Waals surface area (Å²) in [4.78, 5) is 0. The molecule has 7 rings (SSSR count). The Labute approximate surface area is 267 Å². The normalized spacial score (nSPS) is 15.6. The van der Waals surface area contributed by atoms with Gasteiger partial charge in [-0.1, -0.05) is 66.2 Å². The Morgan fingerprint density at radius 2 is 1.33 bits per heavy atom. The van der Waals surface area contributed by atoms with E-state index in [2.05, 4.69) is 46.6 Å². The summed E-state index contributed by atoms with van der Waals surface area (Å²) >= 11 is 3.62. The Morgan fingerprint density at radius 1 is 0.733 bits per heavy atom. The quantitative estimate of drug-likeness (QED) is 0.186. The molecule has 1 aliphatic carbocycles. The highest BCUT2D eigenvalue weighted by molar-refractivity contribution is 9.10. The molecule has 1 aliphatic heterocycles. The van der Waals surface area contributed by atoms with Crippen molar-refractivity contribution in [2.24, 2.45) is 0 Å². The van der Waals surface area contributed by atoms with Gasteiger partial charge in [0.2, 0.25) is 0 Å². The zero-order chi connectivity index (χ0) is 31.7. The van der Waals surface area contributed by atoms with Gasteiger partial charge in [-0.2, -0.15) is 0 Å². The van der Waals surface area contributed by atoms with Gasteiger partial charge in [0.05, 0.1) is 14.2 Å². The Kier molecular flexibility index (Phi) is 6.71. The first-order valence-corrected chi connectivity index (χ1v) is 15.1. The lowest BCUT2D eigenvalue weighted by Gasteiger charge is -2.38. The minimum Gasteiger partial charge on any atom is -0.497 e. The molecule has 228 valence electrons. The average molecular weight is 674 g/mol. The summed E-state index contributed by atoms with van der Waals surface area (Å²) in [5, 5.41) is 1.29. The molecule has 0 N–H and O–H groups in total. The van der Waals surface area contributed by atoms with Crippen molar-refractivity contribution in [1.29, 1.82) is 0 Å². The lowest BCUT2D eigenvalue weighted by Crippen LogP contribution is -2.35. The van der Waals surface area contributed by atoms with Crippen molar-refractivity contribution < 1.29 is 32.1 Å². The molecule has 0 aromatic heterocycles. The zero-order valence-corrected chi connectivity index (χ0v) is 26.5. The molecule has 0 atom stereocenters. The van der Waals surface area contributed by atoms with Crippen LogP contribution in [0.1, 0.15) is 41.7 Å². The van der Waals surface area contributed by atoms with E-state index in [4.69, 9.17) is 14.2 Å². The molecule has 0 bridgehead atoms. The fourth-order valence-electron chi connectivity index (χ4n) is 6.81. The molecule has 5 aromatic rings. The van der Waals surface area contributed by atoms with Crippen LogP contribution in [0.4, 0.5) is 13.2 Å². The standard InChI is InChI=1S/C37H28BrF3O4/c1-35(2)31-16-9-23(38)19-30(31)32-27-15-14-26(44-37(39,40)41)20-29(27)34-28(33(32)35)17-18-36(45-34,21-5-10-24(42-3)11-6-21)22-7-12-25(43-4)13-8-22/h5-20H,1-4H3. The molecule has 4 nitrogen and oxygen atoms in total. The average Bonchev–Trinajstić information content (AvgIpc) is 3.26. The lowest BCUT2D eigenvalue weighted by atomic mass is 9.77. The maximum atomic E-state index is 13.4. The summed E-state index contributed by atoms with van der Waals surface area (Å²) in [6, 6.07) is 25.9. The Morgan fingerprint density at radius 3 is 1.91 bits per heavy atom. The number of hydrogen-bond acceptors (Lipinski definition) is 4.